The molecule has 1 unspecified atom stereocenters. The average molecular weight is 321 g/mol. The second-order valence-electron chi connectivity index (χ2n) is 3.01. The maximum Gasteiger partial charge on any atom is 0.168 e. The molecule has 0 saturated carbocycles. The van der Waals surface area contributed by atoms with E-state index in [1.807, 2.05) is 6.92 Å². The monoisotopic (exact) mass is 319 g/mol. The molecular formula is C10H13Cl4NO2. The van der Waals surface area contributed by atoms with E-state index >= 15 is 0 Å². The van der Waals surface area contributed by atoms with E-state index in [-0.39, 0.29) is 18.6 Å². The summed E-state index contributed by atoms with van der Waals surface area (Å²) in [5.41, 5.74) is 2.68. The van der Waals surface area contributed by atoms with Gasteiger partial charge in [0.25, 0.3) is 0 Å². The Morgan fingerprint density at radius 3 is 2.24 bits per heavy atom. The van der Waals surface area contributed by atoms with E-state index in [1.54, 1.807) is 19.1 Å². The Labute approximate surface area is 122 Å². The van der Waals surface area contributed by atoms with Gasteiger partial charge in [0.15, 0.2) is 12.0 Å². The first-order valence-electron chi connectivity index (χ1n) is 4.73. The standard InChI is InChI=1S/C10H12Cl3NO2.ClH/c1-3-15-14-6(2)16-10-8(12)4-7(11)5-9(10)13;/h4-6,14H,3H2,1-2H3;1H. The Bertz CT molecular complexity index is 339. The number of hydroxylamine groups is 1. The van der Waals surface area contributed by atoms with Crippen LogP contribution in [0, 0.1) is 0 Å². The van der Waals surface area contributed by atoms with Crippen LogP contribution in [-0.4, -0.2) is 12.8 Å². The molecule has 17 heavy (non-hydrogen) atoms. The summed E-state index contributed by atoms with van der Waals surface area (Å²) < 4.78 is 5.47. The first-order valence-corrected chi connectivity index (χ1v) is 5.86. The lowest BCUT2D eigenvalue weighted by Crippen LogP contribution is -2.31. The highest BCUT2D eigenvalue weighted by Gasteiger charge is 2.12. The molecule has 0 radical (unpaired) electrons. The van der Waals surface area contributed by atoms with Crippen LogP contribution in [0.25, 0.3) is 0 Å². The van der Waals surface area contributed by atoms with Crippen molar-refractivity contribution in [2.24, 2.45) is 0 Å². The Hall–Kier alpha value is 0.1000. The van der Waals surface area contributed by atoms with Crippen molar-refractivity contribution in [1.82, 2.24) is 5.48 Å². The minimum atomic E-state index is -0.365. The molecule has 0 amide bonds. The van der Waals surface area contributed by atoms with Crippen LogP contribution in [0.2, 0.25) is 15.1 Å². The molecule has 0 aliphatic heterocycles. The number of hydrogen-bond acceptors (Lipinski definition) is 3. The summed E-state index contributed by atoms with van der Waals surface area (Å²) in [5, 5.41) is 1.19. The summed E-state index contributed by atoms with van der Waals surface area (Å²) in [7, 11) is 0. The van der Waals surface area contributed by atoms with Gasteiger partial charge in [0.05, 0.1) is 16.7 Å². The predicted octanol–water partition coefficient (Wildman–Crippen LogP) is 4.33. The van der Waals surface area contributed by atoms with Crippen LogP contribution in [0.1, 0.15) is 13.8 Å². The van der Waals surface area contributed by atoms with Crippen molar-refractivity contribution in [1.29, 1.82) is 0 Å². The third kappa shape index (κ3) is 5.51. The normalized spacial score (nSPS) is 11.8. The van der Waals surface area contributed by atoms with E-state index in [0.29, 0.717) is 27.4 Å². The van der Waals surface area contributed by atoms with Crippen molar-refractivity contribution >= 4 is 47.2 Å². The molecule has 3 nitrogen and oxygen atoms in total. The number of halogens is 4. The van der Waals surface area contributed by atoms with Gasteiger partial charge in [-0.1, -0.05) is 34.8 Å². The number of hydrogen-bond donors (Lipinski definition) is 1. The van der Waals surface area contributed by atoms with Gasteiger partial charge in [-0.25, -0.2) is 0 Å². The van der Waals surface area contributed by atoms with E-state index in [0.717, 1.165) is 0 Å². The summed E-state index contributed by atoms with van der Waals surface area (Å²) in [6, 6.07) is 3.13. The first-order chi connectivity index (χ1) is 7.54. The molecule has 0 saturated heterocycles. The fraction of sp³-hybridized carbons (Fsp3) is 0.400. The van der Waals surface area contributed by atoms with Gasteiger partial charge in [0.1, 0.15) is 0 Å². The second-order valence-corrected chi connectivity index (χ2v) is 4.26. The SMILES string of the molecule is CCONC(C)Oc1c(Cl)cc(Cl)cc1Cl.Cl. The van der Waals surface area contributed by atoms with Gasteiger partial charge in [-0.15, -0.1) is 12.4 Å². The summed E-state index contributed by atoms with van der Waals surface area (Å²) in [5.74, 6) is 0.382. The van der Waals surface area contributed by atoms with Gasteiger partial charge < -0.3 is 4.74 Å². The van der Waals surface area contributed by atoms with E-state index in [1.165, 1.54) is 0 Å². The fourth-order valence-corrected chi connectivity index (χ4v) is 1.95. The Kier molecular flexibility index (Phi) is 8.29. The van der Waals surface area contributed by atoms with Crippen LogP contribution in [-0.2, 0) is 4.84 Å². The zero-order valence-electron chi connectivity index (χ0n) is 9.30. The Morgan fingerprint density at radius 2 is 1.76 bits per heavy atom. The summed E-state index contributed by atoms with van der Waals surface area (Å²) in [6.45, 7) is 4.18. The lowest BCUT2D eigenvalue weighted by atomic mass is 10.3. The minimum Gasteiger partial charge on any atom is -0.470 e. The van der Waals surface area contributed by atoms with Crippen LogP contribution in [0.5, 0.6) is 5.75 Å². The summed E-state index contributed by atoms with van der Waals surface area (Å²) in [4.78, 5) is 4.98. The molecule has 1 aromatic rings. The molecule has 0 fully saturated rings. The van der Waals surface area contributed by atoms with Gasteiger partial charge in [-0.2, -0.15) is 5.48 Å². The third-order valence-corrected chi connectivity index (χ3v) is 2.43. The molecule has 98 valence electrons. The smallest absolute Gasteiger partial charge is 0.168 e. The van der Waals surface area contributed by atoms with Gasteiger partial charge in [-0.05, 0) is 26.0 Å². The lowest BCUT2D eigenvalue weighted by Gasteiger charge is -2.17. The van der Waals surface area contributed by atoms with Crippen LogP contribution >= 0.6 is 47.2 Å². The number of rotatable bonds is 5. The fourth-order valence-electron chi connectivity index (χ4n) is 1.04. The quantitative estimate of drug-likeness (QED) is 0.647. The van der Waals surface area contributed by atoms with Crippen LogP contribution in [0.4, 0.5) is 0 Å². The molecule has 1 atom stereocenters. The van der Waals surface area contributed by atoms with Crippen LogP contribution in [0.3, 0.4) is 0 Å². The molecule has 1 rings (SSSR count). The van der Waals surface area contributed by atoms with Gasteiger partial charge >= 0.3 is 0 Å². The highest BCUT2D eigenvalue weighted by atomic mass is 35.5. The molecule has 1 N–H and O–H groups in total. The van der Waals surface area contributed by atoms with Crippen molar-refractivity contribution in [3.8, 4) is 5.75 Å². The topological polar surface area (TPSA) is 30.5 Å². The van der Waals surface area contributed by atoms with Gasteiger partial charge in [0.2, 0.25) is 0 Å². The first kappa shape index (κ1) is 17.1. The minimum absolute atomic E-state index is 0. The molecule has 0 bridgehead atoms. The van der Waals surface area contributed by atoms with E-state index < -0.39 is 0 Å². The molecule has 0 spiro atoms. The summed E-state index contributed by atoms with van der Waals surface area (Å²) in [6.07, 6.45) is -0.365. The maximum absolute atomic E-state index is 5.95. The molecule has 0 heterocycles. The maximum atomic E-state index is 5.95. The van der Waals surface area contributed by atoms with Crippen LogP contribution in [0.15, 0.2) is 12.1 Å². The lowest BCUT2D eigenvalue weighted by molar-refractivity contribution is -0.0317. The predicted molar refractivity (Wildman–Crippen MR) is 73.6 cm³/mol. The molecule has 0 aliphatic carbocycles. The Balaban J connectivity index is 0.00000256. The molecule has 0 aromatic heterocycles. The van der Waals surface area contributed by atoms with Gasteiger partial charge in [0, 0.05) is 5.02 Å². The van der Waals surface area contributed by atoms with Crippen LogP contribution < -0.4 is 10.2 Å². The number of benzene rings is 1. The van der Waals surface area contributed by atoms with Crippen molar-refractivity contribution < 1.29 is 9.57 Å². The molecular weight excluding hydrogens is 308 g/mol. The number of ether oxygens (including phenoxy) is 1. The average Bonchev–Trinajstić information content (AvgIpc) is 2.20. The van der Waals surface area contributed by atoms with E-state index in [4.69, 9.17) is 44.4 Å². The molecule has 1 aromatic carbocycles. The van der Waals surface area contributed by atoms with Crippen molar-refractivity contribution in [2.75, 3.05) is 6.61 Å². The molecule has 0 aliphatic rings. The zero-order valence-corrected chi connectivity index (χ0v) is 12.4. The highest BCUT2D eigenvalue weighted by molar-refractivity contribution is 6.40. The number of nitrogens with one attached hydrogen (secondary N) is 1. The van der Waals surface area contributed by atoms with E-state index in [2.05, 4.69) is 5.48 Å². The van der Waals surface area contributed by atoms with Gasteiger partial charge in [-0.3, -0.25) is 4.84 Å². The highest BCUT2D eigenvalue weighted by Crippen LogP contribution is 2.36. The zero-order chi connectivity index (χ0) is 12.1. The van der Waals surface area contributed by atoms with Crippen molar-refractivity contribution in [3.05, 3.63) is 27.2 Å². The van der Waals surface area contributed by atoms with E-state index in [9.17, 15) is 0 Å². The summed E-state index contributed by atoms with van der Waals surface area (Å²) >= 11 is 17.7. The largest absolute Gasteiger partial charge is 0.470 e. The second kappa shape index (κ2) is 8.25. The Morgan fingerprint density at radius 1 is 1.24 bits per heavy atom. The van der Waals surface area contributed by atoms with Crippen molar-refractivity contribution in [3.63, 3.8) is 0 Å². The third-order valence-electron chi connectivity index (χ3n) is 1.65. The molecule has 7 heteroatoms. The van der Waals surface area contributed by atoms with Crippen molar-refractivity contribution in [2.45, 2.75) is 20.1 Å².